The van der Waals surface area contributed by atoms with Crippen LogP contribution >= 0.6 is 22.9 Å². The second kappa shape index (κ2) is 6.17. The van der Waals surface area contributed by atoms with E-state index in [0.717, 1.165) is 44.1 Å². The minimum absolute atomic E-state index is 0.135. The fourth-order valence-electron chi connectivity index (χ4n) is 2.45. The Morgan fingerprint density at radius 2 is 2.14 bits per heavy atom. The third-order valence-corrected chi connectivity index (χ3v) is 4.85. The average Bonchev–Trinajstić information content (AvgIpc) is 3.13. The van der Waals surface area contributed by atoms with Gasteiger partial charge in [-0.05, 0) is 11.4 Å². The number of thiophene rings is 1. The van der Waals surface area contributed by atoms with Crippen molar-refractivity contribution in [1.82, 2.24) is 19.4 Å². The van der Waals surface area contributed by atoms with Gasteiger partial charge in [0.05, 0.1) is 18.3 Å². The number of hydrogen-bond acceptors (Lipinski definition) is 4. The maximum Gasteiger partial charge on any atom is 0.254 e. The maximum absolute atomic E-state index is 12.3. The molecule has 2 aromatic rings. The van der Waals surface area contributed by atoms with E-state index in [9.17, 15) is 4.79 Å². The number of piperazine rings is 1. The Kier molecular flexibility index (Phi) is 4.28. The van der Waals surface area contributed by atoms with E-state index in [1.54, 1.807) is 17.5 Å². The summed E-state index contributed by atoms with van der Waals surface area (Å²) in [5.41, 5.74) is 0.796. The first-order valence-electron chi connectivity index (χ1n) is 6.85. The SMILES string of the molecule is Cn1c(Cl)cnc1CN1CCN(C(=O)c2ccsc2)CC1. The van der Waals surface area contributed by atoms with Crippen LogP contribution in [-0.2, 0) is 13.6 Å². The Morgan fingerprint density at radius 1 is 1.38 bits per heavy atom. The number of carbonyl (C=O) groups excluding carboxylic acids is 1. The molecule has 0 aliphatic carbocycles. The molecule has 1 saturated heterocycles. The highest BCUT2D eigenvalue weighted by atomic mass is 35.5. The Morgan fingerprint density at radius 3 is 2.71 bits per heavy atom. The molecule has 1 aliphatic rings. The summed E-state index contributed by atoms with van der Waals surface area (Å²) >= 11 is 7.56. The highest BCUT2D eigenvalue weighted by Gasteiger charge is 2.23. The van der Waals surface area contributed by atoms with Crippen LogP contribution in [0.3, 0.4) is 0 Å². The number of hydrogen-bond donors (Lipinski definition) is 0. The molecule has 1 fully saturated rings. The van der Waals surface area contributed by atoms with Crippen molar-refractivity contribution in [3.05, 3.63) is 39.6 Å². The van der Waals surface area contributed by atoms with Crippen molar-refractivity contribution in [2.45, 2.75) is 6.54 Å². The van der Waals surface area contributed by atoms with E-state index in [-0.39, 0.29) is 5.91 Å². The standard InChI is InChI=1S/C14H17ClN4OS/c1-17-12(15)8-16-13(17)9-18-3-5-19(6-4-18)14(20)11-2-7-21-10-11/h2,7-8,10H,3-6,9H2,1H3. The normalized spacial score (nSPS) is 16.4. The van der Waals surface area contributed by atoms with Crippen molar-refractivity contribution in [3.8, 4) is 0 Å². The van der Waals surface area contributed by atoms with Gasteiger partial charge in [-0.1, -0.05) is 11.6 Å². The van der Waals surface area contributed by atoms with Crippen LogP contribution in [0.2, 0.25) is 5.15 Å². The van der Waals surface area contributed by atoms with Gasteiger partial charge in [-0.3, -0.25) is 9.69 Å². The first-order chi connectivity index (χ1) is 10.1. The summed E-state index contributed by atoms with van der Waals surface area (Å²) in [6.45, 7) is 4.00. The first kappa shape index (κ1) is 14.6. The third kappa shape index (κ3) is 3.12. The zero-order valence-electron chi connectivity index (χ0n) is 11.8. The molecule has 1 aliphatic heterocycles. The van der Waals surface area contributed by atoms with Crippen LogP contribution in [-0.4, -0.2) is 51.4 Å². The highest BCUT2D eigenvalue weighted by molar-refractivity contribution is 7.08. The minimum atomic E-state index is 0.135. The Balaban J connectivity index is 1.56. The number of nitrogens with zero attached hydrogens (tertiary/aromatic N) is 4. The fourth-order valence-corrected chi connectivity index (χ4v) is 3.23. The molecule has 0 aromatic carbocycles. The van der Waals surface area contributed by atoms with Crippen LogP contribution in [0.4, 0.5) is 0 Å². The molecule has 0 atom stereocenters. The fraction of sp³-hybridized carbons (Fsp3) is 0.429. The van der Waals surface area contributed by atoms with Gasteiger partial charge < -0.3 is 9.47 Å². The number of rotatable bonds is 3. The van der Waals surface area contributed by atoms with Gasteiger partial charge in [-0.2, -0.15) is 11.3 Å². The molecular formula is C14H17ClN4OS. The van der Waals surface area contributed by atoms with Crippen LogP contribution in [0.15, 0.2) is 23.0 Å². The third-order valence-electron chi connectivity index (χ3n) is 3.82. The van der Waals surface area contributed by atoms with Crippen molar-refractivity contribution in [2.75, 3.05) is 26.2 Å². The number of carbonyl (C=O) groups is 1. The van der Waals surface area contributed by atoms with E-state index in [4.69, 9.17) is 11.6 Å². The summed E-state index contributed by atoms with van der Waals surface area (Å²) < 4.78 is 1.89. The number of imidazole rings is 1. The van der Waals surface area contributed by atoms with Crippen LogP contribution in [0, 0.1) is 0 Å². The number of halogens is 1. The summed E-state index contributed by atoms with van der Waals surface area (Å²) in [7, 11) is 1.92. The molecule has 0 radical (unpaired) electrons. The molecule has 112 valence electrons. The van der Waals surface area contributed by atoms with E-state index in [1.807, 2.05) is 33.3 Å². The Bertz CT molecular complexity index is 617. The number of amides is 1. The summed E-state index contributed by atoms with van der Waals surface area (Å²) in [5, 5.41) is 4.50. The van der Waals surface area contributed by atoms with E-state index < -0.39 is 0 Å². The Hall–Kier alpha value is -1.37. The topological polar surface area (TPSA) is 41.4 Å². The van der Waals surface area contributed by atoms with Gasteiger partial charge >= 0.3 is 0 Å². The van der Waals surface area contributed by atoms with Crippen LogP contribution in [0.25, 0.3) is 0 Å². The second-order valence-electron chi connectivity index (χ2n) is 5.14. The van der Waals surface area contributed by atoms with Crippen molar-refractivity contribution < 1.29 is 4.79 Å². The smallest absolute Gasteiger partial charge is 0.254 e. The van der Waals surface area contributed by atoms with E-state index in [1.165, 1.54) is 0 Å². The minimum Gasteiger partial charge on any atom is -0.336 e. The van der Waals surface area contributed by atoms with E-state index >= 15 is 0 Å². The zero-order valence-corrected chi connectivity index (χ0v) is 13.4. The molecule has 0 bridgehead atoms. The summed E-state index contributed by atoms with van der Waals surface area (Å²) in [6, 6.07) is 1.88. The summed E-state index contributed by atoms with van der Waals surface area (Å²) in [6.07, 6.45) is 1.67. The average molecular weight is 325 g/mol. The lowest BCUT2D eigenvalue weighted by Gasteiger charge is -2.34. The zero-order chi connectivity index (χ0) is 14.8. The molecular weight excluding hydrogens is 308 g/mol. The van der Waals surface area contributed by atoms with Gasteiger partial charge in [-0.15, -0.1) is 0 Å². The van der Waals surface area contributed by atoms with Gasteiger partial charge in [0.25, 0.3) is 5.91 Å². The number of aromatic nitrogens is 2. The van der Waals surface area contributed by atoms with Gasteiger partial charge in [0.1, 0.15) is 11.0 Å². The quantitative estimate of drug-likeness (QED) is 0.868. The van der Waals surface area contributed by atoms with E-state index in [2.05, 4.69) is 9.88 Å². The van der Waals surface area contributed by atoms with Gasteiger partial charge in [-0.25, -0.2) is 4.98 Å². The molecule has 0 saturated carbocycles. The predicted octanol–water partition coefficient (Wildman–Crippen LogP) is 2.09. The van der Waals surface area contributed by atoms with Gasteiger partial charge in [0.15, 0.2) is 0 Å². The van der Waals surface area contributed by atoms with Crippen molar-refractivity contribution in [3.63, 3.8) is 0 Å². The van der Waals surface area contributed by atoms with Crippen molar-refractivity contribution in [1.29, 1.82) is 0 Å². The van der Waals surface area contributed by atoms with Crippen LogP contribution in [0.1, 0.15) is 16.2 Å². The van der Waals surface area contributed by atoms with Crippen LogP contribution < -0.4 is 0 Å². The highest BCUT2D eigenvalue weighted by Crippen LogP contribution is 2.15. The lowest BCUT2D eigenvalue weighted by atomic mass is 10.2. The van der Waals surface area contributed by atoms with Crippen molar-refractivity contribution in [2.24, 2.45) is 7.05 Å². The molecule has 0 N–H and O–H groups in total. The molecule has 21 heavy (non-hydrogen) atoms. The van der Waals surface area contributed by atoms with Gasteiger partial charge in [0.2, 0.25) is 0 Å². The van der Waals surface area contributed by atoms with E-state index in [0.29, 0.717) is 5.15 Å². The molecule has 7 heteroatoms. The maximum atomic E-state index is 12.3. The predicted molar refractivity (Wildman–Crippen MR) is 83.7 cm³/mol. The molecule has 3 rings (SSSR count). The second-order valence-corrected chi connectivity index (χ2v) is 6.30. The molecule has 0 spiro atoms. The lowest BCUT2D eigenvalue weighted by Crippen LogP contribution is -2.48. The van der Waals surface area contributed by atoms with Crippen LogP contribution in [0.5, 0.6) is 0 Å². The molecule has 3 heterocycles. The molecule has 0 unspecified atom stereocenters. The summed E-state index contributed by atoms with van der Waals surface area (Å²) in [5.74, 6) is 1.09. The lowest BCUT2D eigenvalue weighted by molar-refractivity contribution is 0.0625. The Labute approximate surface area is 132 Å². The molecule has 2 aromatic heterocycles. The largest absolute Gasteiger partial charge is 0.336 e. The first-order valence-corrected chi connectivity index (χ1v) is 8.17. The van der Waals surface area contributed by atoms with Crippen molar-refractivity contribution >= 4 is 28.8 Å². The monoisotopic (exact) mass is 324 g/mol. The molecule has 5 nitrogen and oxygen atoms in total. The summed E-state index contributed by atoms with van der Waals surface area (Å²) in [4.78, 5) is 20.8. The molecule has 1 amide bonds. The van der Waals surface area contributed by atoms with Gasteiger partial charge in [0, 0.05) is 38.6 Å².